The summed E-state index contributed by atoms with van der Waals surface area (Å²) in [6.07, 6.45) is 11.2. The molecule has 0 amide bonds. The Bertz CT molecular complexity index is 837. The van der Waals surface area contributed by atoms with Crippen LogP contribution in [0.25, 0.3) is 10.8 Å². The van der Waals surface area contributed by atoms with Gasteiger partial charge in [0.2, 0.25) is 0 Å². The molecular formula is C26H34F2. The summed E-state index contributed by atoms with van der Waals surface area (Å²) < 4.78 is 29.6. The number of benzene rings is 2. The Morgan fingerprint density at radius 1 is 0.821 bits per heavy atom. The Kier molecular flexibility index (Phi) is 5.76. The van der Waals surface area contributed by atoms with Crippen LogP contribution in [0, 0.1) is 49.2 Å². The van der Waals surface area contributed by atoms with Crippen LogP contribution in [0.1, 0.15) is 75.0 Å². The Hall–Kier alpha value is -1.44. The summed E-state index contributed by atoms with van der Waals surface area (Å²) in [7, 11) is 0. The normalized spacial score (nSPS) is 28.6. The second kappa shape index (κ2) is 8.13. The van der Waals surface area contributed by atoms with Gasteiger partial charge in [-0.15, -0.1) is 0 Å². The molecule has 0 bridgehead atoms. The molecule has 0 unspecified atom stereocenters. The molecule has 0 N–H and O–H groups in total. The van der Waals surface area contributed by atoms with E-state index in [9.17, 15) is 8.78 Å². The average Bonchev–Trinajstić information content (AvgIpc) is 2.70. The van der Waals surface area contributed by atoms with Gasteiger partial charge in [0.15, 0.2) is 11.6 Å². The Morgan fingerprint density at radius 2 is 1.43 bits per heavy atom. The van der Waals surface area contributed by atoms with Crippen LogP contribution in [0.15, 0.2) is 18.2 Å². The summed E-state index contributed by atoms with van der Waals surface area (Å²) in [5.74, 6) is 1.91. The van der Waals surface area contributed by atoms with Crippen LogP contribution in [0.2, 0.25) is 0 Å². The van der Waals surface area contributed by atoms with Gasteiger partial charge in [0, 0.05) is 5.39 Å². The molecule has 2 fully saturated rings. The molecule has 2 heteroatoms. The zero-order valence-electron chi connectivity index (χ0n) is 17.7. The van der Waals surface area contributed by atoms with E-state index in [-0.39, 0.29) is 0 Å². The molecule has 0 nitrogen and oxygen atoms in total. The molecule has 0 aliphatic heterocycles. The summed E-state index contributed by atoms with van der Waals surface area (Å²) in [4.78, 5) is 0. The minimum atomic E-state index is -0.654. The smallest absolute Gasteiger partial charge is 0.167 e. The lowest BCUT2D eigenvalue weighted by Crippen LogP contribution is -2.26. The highest BCUT2D eigenvalue weighted by Crippen LogP contribution is 2.42. The van der Waals surface area contributed by atoms with E-state index in [1.54, 1.807) is 0 Å². The van der Waals surface area contributed by atoms with E-state index in [0.29, 0.717) is 23.3 Å². The fourth-order valence-corrected chi connectivity index (χ4v) is 5.83. The number of fused-ring (bicyclic) bond motifs is 1. The molecule has 0 radical (unpaired) electrons. The van der Waals surface area contributed by atoms with E-state index in [1.165, 1.54) is 51.4 Å². The van der Waals surface area contributed by atoms with Crippen molar-refractivity contribution in [1.29, 1.82) is 0 Å². The van der Waals surface area contributed by atoms with Crippen molar-refractivity contribution in [3.8, 4) is 0 Å². The first-order valence-corrected chi connectivity index (χ1v) is 11.3. The second-order valence-electron chi connectivity index (χ2n) is 9.77. The standard InChI is InChI=1S/C26H34F2/c1-16-4-9-20(10-5-16)21-12-7-19(8-13-21)14-23-15-22-11-6-17(2)18(3)24(22)26(28)25(23)27/h6,11,15-16,19-21H,4-5,7-10,12-14H2,1-3H3. The van der Waals surface area contributed by atoms with E-state index in [1.807, 2.05) is 32.0 Å². The second-order valence-corrected chi connectivity index (χ2v) is 9.77. The summed E-state index contributed by atoms with van der Waals surface area (Å²) >= 11 is 0. The third-order valence-corrected chi connectivity index (χ3v) is 7.92. The molecule has 2 saturated carbocycles. The lowest BCUT2D eigenvalue weighted by molar-refractivity contribution is 0.150. The van der Waals surface area contributed by atoms with Crippen LogP contribution < -0.4 is 0 Å². The van der Waals surface area contributed by atoms with Crippen LogP contribution in [0.4, 0.5) is 8.78 Å². The zero-order chi connectivity index (χ0) is 19.8. The van der Waals surface area contributed by atoms with E-state index in [4.69, 9.17) is 0 Å². The highest BCUT2D eigenvalue weighted by Gasteiger charge is 2.30. The maximum Gasteiger partial charge on any atom is 0.167 e. The zero-order valence-corrected chi connectivity index (χ0v) is 17.7. The molecule has 0 aromatic heterocycles. The van der Waals surface area contributed by atoms with Crippen molar-refractivity contribution in [1.82, 2.24) is 0 Å². The summed E-state index contributed by atoms with van der Waals surface area (Å²) in [5, 5.41) is 1.29. The van der Waals surface area contributed by atoms with Gasteiger partial charge in [0.05, 0.1) is 0 Å². The van der Waals surface area contributed by atoms with Gasteiger partial charge in [0.25, 0.3) is 0 Å². The Morgan fingerprint density at radius 3 is 2.07 bits per heavy atom. The minimum Gasteiger partial charge on any atom is -0.203 e. The van der Waals surface area contributed by atoms with Crippen molar-refractivity contribution in [2.75, 3.05) is 0 Å². The number of hydrogen-bond acceptors (Lipinski definition) is 0. The largest absolute Gasteiger partial charge is 0.203 e. The third-order valence-electron chi connectivity index (χ3n) is 7.92. The number of hydrogen-bond donors (Lipinski definition) is 0. The third kappa shape index (κ3) is 3.84. The molecule has 0 saturated heterocycles. The average molecular weight is 385 g/mol. The Labute approximate surface area is 168 Å². The van der Waals surface area contributed by atoms with E-state index in [2.05, 4.69) is 6.92 Å². The number of halogens is 2. The van der Waals surface area contributed by atoms with Crippen molar-refractivity contribution < 1.29 is 8.78 Å². The molecule has 2 aromatic rings. The first kappa shape index (κ1) is 19.9. The van der Waals surface area contributed by atoms with Gasteiger partial charge in [-0.3, -0.25) is 0 Å². The maximum atomic E-state index is 14.8. The van der Waals surface area contributed by atoms with Crippen molar-refractivity contribution in [3.05, 3.63) is 46.5 Å². The van der Waals surface area contributed by atoms with Crippen LogP contribution >= 0.6 is 0 Å². The highest BCUT2D eigenvalue weighted by atomic mass is 19.2. The number of rotatable bonds is 3. The van der Waals surface area contributed by atoms with Crippen molar-refractivity contribution in [2.45, 2.75) is 78.6 Å². The first-order chi connectivity index (χ1) is 13.4. The maximum absolute atomic E-state index is 14.8. The molecule has 0 spiro atoms. The monoisotopic (exact) mass is 384 g/mol. The van der Waals surface area contributed by atoms with Gasteiger partial charge < -0.3 is 0 Å². The summed E-state index contributed by atoms with van der Waals surface area (Å²) in [6, 6.07) is 5.84. The molecular weight excluding hydrogens is 350 g/mol. The molecule has 0 heterocycles. The Balaban J connectivity index is 1.45. The van der Waals surface area contributed by atoms with E-state index in [0.717, 1.165) is 34.3 Å². The van der Waals surface area contributed by atoms with Crippen molar-refractivity contribution >= 4 is 10.8 Å². The quantitative estimate of drug-likeness (QED) is 0.504. The minimum absolute atomic E-state index is 0.455. The van der Waals surface area contributed by atoms with Crippen LogP contribution in [-0.4, -0.2) is 0 Å². The molecule has 4 rings (SSSR count). The lowest BCUT2D eigenvalue weighted by atomic mass is 9.69. The lowest BCUT2D eigenvalue weighted by Gasteiger charge is -2.37. The molecule has 2 aromatic carbocycles. The van der Waals surface area contributed by atoms with Crippen molar-refractivity contribution in [2.24, 2.45) is 23.7 Å². The van der Waals surface area contributed by atoms with Crippen LogP contribution in [-0.2, 0) is 6.42 Å². The predicted octanol–water partition coefficient (Wildman–Crippen LogP) is 7.91. The summed E-state index contributed by atoms with van der Waals surface area (Å²) in [6.45, 7) is 6.21. The van der Waals surface area contributed by atoms with Gasteiger partial charge in [-0.05, 0) is 111 Å². The predicted molar refractivity (Wildman–Crippen MR) is 114 cm³/mol. The van der Waals surface area contributed by atoms with Gasteiger partial charge >= 0.3 is 0 Å². The topological polar surface area (TPSA) is 0 Å². The van der Waals surface area contributed by atoms with E-state index < -0.39 is 11.6 Å². The van der Waals surface area contributed by atoms with Crippen LogP contribution in [0.3, 0.4) is 0 Å². The fraction of sp³-hybridized carbons (Fsp3) is 0.615. The molecule has 0 atom stereocenters. The van der Waals surface area contributed by atoms with Crippen molar-refractivity contribution in [3.63, 3.8) is 0 Å². The SMILES string of the molecule is Cc1ccc2cc(CC3CCC(C4CCC(C)CC4)CC3)c(F)c(F)c2c1C. The van der Waals surface area contributed by atoms with Crippen LogP contribution in [0.5, 0.6) is 0 Å². The molecule has 2 aliphatic carbocycles. The van der Waals surface area contributed by atoms with Gasteiger partial charge in [-0.1, -0.05) is 31.9 Å². The van der Waals surface area contributed by atoms with Gasteiger partial charge in [-0.2, -0.15) is 0 Å². The molecule has 28 heavy (non-hydrogen) atoms. The van der Waals surface area contributed by atoms with Gasteiger partial charge in [-0.25, -0.2) is 8.78 Å². The first-order valence-electron chi connectivity index (χ1n) is 11.3. The highest BCUT2D eigenvalue weighted by molar-refractivity contribution is 5.88. The summed E-state index contributed by atoms with van der Waals surface area (Å²) in [5.41, 5.74) is 2.43. The fourth-order valence-electron chi connectivity index (χ4n) is 5.83. The molecule has 152 valence electrons. The van der Waals surface area contributed by atoms with Gasteiger partial charge in [0.1, 0.15) is 0 Å². The van der Waals surface area contributed by atoms with E-state index >= 15 is 0 Å². The molecule has 2 aliphatic rings. The number of aryl methyl sites for hydroxylation is 2.